The molecule has 0 radical (unpaired) electrons. The van der Waals surface area contributed by atoms with Crippen LogP contribution in [0.4, 0.5) is 0 Å². The Morgan fingerprint density at radius 2 is 1.90 bits per heavy atom. The van der Waals surface area contributed by atoms with Gasteiger partial charge in [-0.1, -0.05) is 29.8 Å². The number of hydrogen-bond donors (Lipinski definition) is 1. The zero-order chi connectivity index (χ0) is 14.5. The molecule has 1 atom stereocenters. The van der Waals surface area contributed by atoms with Gasteiger partial charge in [0.1, 0.15) is 0 Å². The quantitative estimate of drug-likeness (QED) is 0.856. The van der Waals surface area contributed by atoms with Gasteiger partial charge in [0.05, 0.1) is 13.2 Å². The SMILES string of the molecule is COc1cccc(C=N[C@H](C)c2ccc(Cl)cc2)c1O. The fraction of sp³-hybridized carbons (Fsp3) is 0.188. The van der Waals surface area contributed by atoms with Crippen molar-refractivity contribution in [2.45, 2.75) is 13.0 Å². The third kappa shape index (κ3) is 3.31. The number of para-hydroxylation sites is 1. The summed E-state index contributed by atoms with van der Waals surface area (Å²) in [6.07, 6.45) is 1.65. The summed E-state index contributed by atoms with van der Waals surface area (Å²) in [6, 6.07) is 12.8. The molecule has 0 aliphatic carbocycles. The Bertz CT molecular complexity index is 608. The number of aliphatic imine (C=N–C) groups is 1. The summed E-state index contributed by atoms with van der Waals surface area (Å²) in [7, 11) is 1.52. The van der Waals surface area contributed by atoms with E-state index in [9.17, 15) is 5.11 Å². The number of hydrogen-bond acceptors (Lipinski definition) is 3. The summed E-state index contributed by atoms with van der Waals surface area (Å²) in [5.74, 6) is 0.537. The number of halogens is 1. The lowest BCUT2D eigenvalue weighted by Gasteiger charge is -2.08. The molecular weight excluding hydrogens is 274 g/mol. The van der Waals surface area contributed by atoms with Crippen LogP contribution in [-0.4, -0.2) is 18.4 Å². The molecule has 2 aromatic carbocycles. The number of phenolic OH excluding ortho intramolecular Hbond substituents is 1. The van der Waals surface area contributed by atoms with E-state index >= 15 is 0 Å². The van der Waals surface area contributed by atoms with Crippen molar-refractivity contribution in [3.8, 4) is 11.5 Å². The number of rotatable bonds is 4. The van der Waals surface area contributed by atoms with Gasteiger partial charge in [-0.2, -0.15) is 0 Å². The standard InChI is InChI=1S/C16H16ClNO2/c1-11(12-6-8-14(17)9-7-12)18-10-13-4-3-5-15(20-2)16(13)19/h3-11,19H,1-2H3/t11-/m1/s1. The molecule has 0 bridgehead atoms. The molecule has 0 aliphatic heterocycles. The van der Waals surface area contributed by atoms with Gasteiger partial charge in [-0.25, -0.2) is 0 Å². The maximum atomic E-state index is 9.97. The highest BCUT2D eigenvalue weighted by Gasteiger charge is 2.06. The van der Waals surface area contributed by atoms with Crippen molar-refractivity contribution in [3.63, 3.8) is 0 Å². The topological polar surface area (TPSA) is 41.8 Å². The number of ether oxygens (including phenoxy) is 1. The van der Waals surface area contributed by atoms with E-state index in [1.165, 1.54) is 7.11 Å². The van der Waals surface area contributed by atoms with Gasteiger partial charge in [-0.05, 0) is 36.8 Å². The molecule has 0 saturated carbocycles. The molecule has 0 amide bonds. The van der Waals surface area contributed by atoms with Crippen LogP contribution in [0.2, 0.25) is 5.02 Å². The highest BCUT2D eigenvalue weighted by molar-refractivity contribution is 6.30. The normalized spacial score (nSPS) is 12.6. The number of phenols is 1. The summed E-state index contributed by atoms with van der Waals surface area (Å²) in [4.78, 5) is 4.45. The average molecular weight is 290 g/mol. The van der Waals surface area contributed by atoms with Crippen LogP contribution in [0.3, 0.4) is 0 Å². The maximum Gasteiger partial charge on any atom is 0.166 e. The molecule has 0 heterocycles. The Morgan fingerprint density at radius 3 is 2.55 bits per heavy atom. The second-order valence-corrected chi connectivity index (χ2v) is 4.84. The van der Waals surface area contributed by atoms with E-state index in [-0.39, 0.29) is 11.8 Å². The van der Waals surface area contributed by atoms with Crippen LogP contribution in [0.1, 0.15) is 24.1 Å². The lowest BCUT2D eigenvalue weighted by atomic mass is 10.1. The summed E-state index contributed by atoms with van der Waals surface area (Å²) in [5.41, 5.74) is 1.69. The van der Waals surface area contributed by atoms with Crippen LogP contribution in [-0.2, 0) is 0 Å². The largest absolute Gasteiger partial charge is 0.504 e. The zero-order valence-corrected chi connectivity index (χ0v) is 12.1. The Kier molecular flexibility index (Phi) is 4.64. The smallest absolute Gasteiger partial charge is 0.166 e. The van der Waals surface area contributed by atoms with E-state index in [1.807, 2.05) is 37.3 Å². The van der Waals surface area contributed by atoms with Crippen LogP contribution in [0, 0.1) is 0 Å². The maximum absolute atomic E-state index is 9.97. The minimum atomic E-state index is -0.0159. The van der Waals surface area contributed by atoms with Gasteiger partial charge in [0, 0.05) is 16.8 Å². The van der Waals surface area contributed by atoms with Gasteiger partial charge in [-0.3, -0.25) is 4.99 Å². The van der Waals surface area contributed by atoms with E-state index in [0.29, 0.717) is 16.3 Å². The van der Waals surface area contributed by atoms with Crippen molar-refractivity contribution in [2.75, 3.05) is 7.11 Å². The monoisotopic (exact) mass is 289 g/mol. The first-order valence-corrected chi connectivity index (χ1v) is 6.64. The van der Waals surface area contributed by atoms with Gasteiger partial charge in [0.2, 0.25) is 0 Å². The molecule has 104 valence electrons. The third-order valence-corrected chi connectivity index (χ3v) is 3.29. The lowest BCUT2D eigenvalue weighted by Crippen LogP contribution is -1.92. The molecule has 3 nitrogen and oxygen atoms in total. The van der Waals surface area contributed by atoms with Gasteiger partial charge in [0.25, 0.3) is 0 Å². The van der Waals surface area contributed by atoms with Gasteiger partial charge < -0.3 is 9.84 Å². The minimum Gasteiger partial charge on any atom is -0.504 e. The first kappa shape index (κ1) is 14.4. The van der Waals surface area contributed by atoms with Crippen LogP contribution in [0.15, 0.2) is 47.5 Å². The van der Waals surface area contributed by atoms with Gasteiger partial charge >= 0.3 is 0 Å². The second kappa shape index (κ2) is 6.44. The summed E-state index contributed by atoms with van der Waals surface area (Å²) in [5, 5.41) is 10.7. The number of nitrogens with zero attached hydrogens (tertiary/aromatic N) is 1. The fourth-order valence-corrected chi connectivity index (χ4v) is 1.95. The van der Waals surface area contributed by atoms with Crippen LogP contribution >= 0.6 is 11.6 Å². The molecule has 20 heavy (non-hydrogen) atoms. The molecule has 2 rings (SSSR count). The highest BCUT2D eigenvalue weighted by Crippen LogP contribution is 2.28. The molecule has 0 aromatic heterocycles. The molecule has 1 N–H and O–H groups in total. The van der Waals surface area contributed by atoms with E-state index in [1.54, 1.807) is 18.3 Å². The van der Waals surface area contributed by atoms with Gasteiger partial charge in [-0.15, -0.1) is 0 Å². The van der Waals surface area contributed by atoms with Crippen molar-refractivity contribution in [1.29, 1.82) is 0 Å². The van der Waals surface area contributed by atoms with Crippen molar-refractivity contribution < 1.29 is 9.84 Å². The fourth-order valence-electron chi connectivity index (χ4n) is 1.83. The predicted octanol–water partition coefficient (Wildman–Crippen LogP) is 4.23. The molecule has 2 aromatic rings. The first-order valence-electron chi connectivity index (χ1n) is 6.26. The van der Waals surface area contributed by atoms with Crippen molar-refractivity contribution in [2.24, 2.45) is 4.99 Å². The molecule has 0 spiro atoms. The summed E-state index contributed by atoms with van der Waals surface area (Å²) < 4.78 is 5.06. The molecule has 4 heteroatoms. The van der Waals surface area contributed by atoms with E-state index in [4.69, 9.17) is 16.3 Å². The number of benzene rings is 2. The minimum absolute atomic E-state index is 0.0159. The first-order chi connectivity index (χ1) is 9.61. The predicted molar refractivity (Wildman–Crippen MR) is 82.1 cm³/mol. The van der Waals surface area contributed by atoms with E-state index < -0.39 is 0 Å². The summed E-state index contributed by atoms with van der Waals surface area (Å²) in [6.45, 7) is 1.98. The van der Waals surface area contributed by atoms with E-state index in [0.717, 1.165) is 5.56 Å². The van der Waals surface area contributed by atoms with Crippen molar-refractivity contribution in [3.05, 3.63) is 58.6 Å². The molecule has 0 saturated heterocycles. The van der Waals surface area contributed by atoms with Crippen LogP contribution in [0.5, 0.6) is 11.5 Å². The zero-order valence-electron chi connectivity index (χ0n) is 11.4. The number of methoxy groups -OCH3 is 1. The van der Waals surface area contributed by atoms with Gasteiger partial charge in [0.15, 0.2) is 11.5 Å². The van der Waals surface area contributed by atoms with Crippen molar-refractivity contribution in [1.82, 2.24) is 0 Å². The van der Waals surface area contributed by atoms with Crippen LogP contribution < -0.4 is 4.74 Å². The Labute approximate surface area is 123 Å². The highest BCUT2D eigenvalue weighted by atomic mass is 35.5. The molecule has 0 aliphatic rings. The second-order valence-electron chi connectivity index (χ2n) is 4.40. The lowest BCUT2D eigenvalue weighted by molar-refractivity contribution is 0.373. The Balaban J connectivity index is 2.19. The average Bonchev–Trinajstić information content (AvgIpc) is 2.46. The third-order valence-electron chi connectivity index (χ3n) is 3.04. The number of aromatic hydroxyl groups is 1. The molecule has 0 unspecified atom stereocenters. The molecule has 0 fully saturated rings. The Hall–Kier alpha value is -2.00. The Morgan fingerprint density at radius 1 is 1.20 bits per heavy atom. The molecular formula is C16H16ClNO2. The van der Waals surface area contributed by atoms with Crippen molar-refractivity contribution >= 4 is 17.8 Å². The van der Waals surface area contributed by atoms with E-state index in [2.05, 4.69) is 4.99 Å². The summed E-state index contributed by atoms with van der Waals surface area (Å²) >= 11 is 5.86. The van der Waals surface area contributed by atoms with Crippen LogP contribution in [0.25, 0.3) is 0 Å².